The van der Waals surface area contributed by atoms with E-state index in [0.29, 0.717) is 11.2 Å². The van der Waals surface area contributed by atoms with Crippen LogP contribution in [0.2, 0.25) is 0 Å². The van der Waals surface area contributed by atoms with Crippen molar-refractivity contribution in [3.8, 4) is 0 Å². The van der Waals surface area contributed by atoms with Gasteiger partial charge in [-0.15, -0.1) is 23.7 Å². The van der Waals surface area contributed by atoms with E-state index >= 15 is 0 Å². The number of piperidine rings is 1. The summed E-state index contributed by atoms with van der Waals surface area (Å²) in [6.45, 7) is 4.41. The third kappa shape index (κ3) is 5.41. The van der Waals surface area contributed by atoms with Crippen LogP contribution in [0, 0.1) is 0 Å². The third-order valence-electron chi connectivity index (χ3n) is 4.57. The predicted octanol–water partition coefficient (Wildman–Crippen LogP) is 2.68. The van der Waals surface area contributed by atoms with Gasteiger partial charge in [-0.1, -0.05) is 6.07 Å². The van der Waals surface area contributed by atoms with Crippen molar-refractivity contribution >= 4 is 28.9 Å². The lowest BCUT2D eigenvalue weighted by Gasteiger charge is -2.36. The van der Waals surface area contributed by atoms with E-state index in [0.717, 1.165) is 19.5 Å². The van der Waals surface area contributed by atoms with Gasteiger partial charge in [0, 0.05) is 48.5 Å². The summed E-state index contributed by atoms with van der Waals surface area (Å²) in [5.41, 5.74) is 6.90. The lowest BCUT2D eigenvalue weighted by Crippen LogP contribution is -2.43. The summed E-state index contributed by atoms with van der Waals surface area (Å²) in [7, 11) is 2.21. The first-order valence-corrected chi connectivity index (χ1v) is 9.05. The second-order valence-corrected chi connectivity index (χ2v) is 7.37. The number of hydrogen-bond acceptors (Lipinski definition) is 6. The molecule has 0 aromatic carbocycles. The molecule has 2 aromatic heterocycles. The van der Waals surface area contributed by atoms with Crippen molar-refractivity contribution in [3.63, 3.8) is 0 Å². The molecule has 2 aromatic rings. The zero-order valence-corrected chi connectivity index (χ0v) is 15.7. The molecular formula is C17H26ClN5S. The number of aromatic nitrogens is 2. The quantitative estimate of drug-likeness (QED) is 0.850. The topological polar surface area (TPSA) is 58.3 Å². The fourth-order valence-electron chi connectivity index (χ4n) is 3.17. The van der Waals surface area contributed by atoms with Crippen LogP contribution in [0.25, 0.3) is 0 Å². The number of thiazole rings is 1. The van der Waals surface area contributed by atoms with Crippen LogP contribution in [0.1, 0.15) is 23.4 Å². The molecule has 0 saturated carbocycles. The van der Waals surface area contributed by atoms with E-state index in [9.17, 15) is 0 Å². The summed E-state index contributed by atoms with van der Waals surface area (Å²) in [5.74, 6) is 0. The average molecular weight is 368 g/mol. The molecule has 1 fully saturated rings. The van der Waals surface area contributed by atoms with Crippen LogP contribution in [0.3, 0.4) is 0 Å². The molecule has 132 valence electrons. The van der Waals surface area contributed by atoms with Crippen molar-refractivity contribution in [1.82, 2.24) is 19.8 Å². The van der Waals surface area contributed by atoms with E-state index in [2.05, 4.69) is 38.9 Å². The van der Waals surface area contributed by atoms with E-state index in [1.807, 2.05) is 18.5 Å². The highest BCUT2D eigenvalue weighted by molar-refractivity contribution is 7.15. The third-order valence-corrected chi connectivity index (χ3v) is 5.38. The van der Waals surface area contributed by atoms with Gasteiger partial charge in [-0.2, -0.15) is 0 Å². The summed E-state index contributed by atoms with van der Waals surface area (Å²) in [6, 6.07) is 6.81. The standard InChI is InChI=1S/C17H25N5S.ClH/c1-21(13-16-12-20-17(18)23-16)15-6-10-22(11-7-15)9-5-14-4-2-3-8-19-14;/h2-4,8,12,15H,5-7,9-11,13H2,1H3,(H2,18,20);1H. The van der Waals surface area contributed by atoms with Gasteiger partial charge in [-0.25, -0.2) is 4.98 Å². The Morgan fingerprint density at radius 1 is 1.29 bits per heavy atom. The Balaban J connectivity index is 0.00000208. The minimum atomic E-state index is 0. The number of halogens is 1. The average Bonchev–Trinajstić information content (AvgIpc) is 2.99. The summed E-state index contributed by atoms with van der Waals surface area (Å²) in [5, 5.41) is 0.665. The SMILES string of the molecule is CN(Cc1cnc(N)s1)C1CCN(CCc2ccccn2)CC1.Cl. The van der Waals surface area contributed by atoms with Crippen LogP contribution in [0.4, 0.5) is 5.13 Å². The Bertz CT molecular complexity index is 598. The minimum Gasteiger partial charge on any atom is -0.375 e. The molecule has 1 saturated heterocycles. The van der Waals surface area contributed by atoms with Crippen molar-refractivity contribution in [2.75, 3.05) is 32.4 Å². The Kier molecular flexibility index (Phi) is 7.42. The molecule has 1 aliphatic heterocycles. The number of nitrogens with zero attached hydrogens (tertiary/aromatic N) is 4. The monoisotopic (exact) mass is 367 g/mol. The molecular weight excluding hydrogens is 342 g/mol. The van der Waals surface area contributed by atoms with Gasteiger partial charge in [-0.3, -0.25) is 9.88 Å². The molecule has 0 aliphatic carbocycles. The molecule has 3 heterocycles. The molecule has 0 bridgehead atoms. The van der Waals surface area contributed by atoms with Crippen molar-refractivity contribution in [3.05, 3.63) is 41.2 Å². The predicted molar refractivity (Wildman–Crippen MR) is 103 cm³/mol. The molecule has 24 heavy (non-hydrogen) atoms. The fraction of sp³-hybridized carbons (Fsp3) is 0.529. The van der Waals surface area contributed by atoms with Crippen LogP contribution in [-0.2, 0) is 13.0 Å². The first kappa shape index (κ1) is 19.1. The summed E-state index contributed by atoms with van der Waals surface area (Å²) < 4.78 is 0. The first-order chi connectivity index (χ1) is 11.2. The summed E-state index contributed by atoms with van der Waals surface area (Å²) in [4.78, 5) is 14.8. The van der Waals surface area contributed by atoms with E-state index in [1.165, 1.54) is 36.5 Å². The van der Waals surface area contributed by atoms with Crippen LogP contribution in [0.15, 0.2) is 30.6 Å². The number of nitrogens with two attached hydrogens (primary N) is 1. The van der Waals surface area contributed by atoms with Gasteiger partial charge in [0.25, 0.3) is 0 Å². The van der Waals surface area contributed by atoms with E-state index in [4.69, 9.17) is 5.73 Å². The van der Waals surface area contributed by atoms with Gasteiger partial charge in [0.1, 0.15) is 0 Å². The van der Waals surface area contributed by atoms with Crippen LogP contribution >= 0.6 is 23.7 Å². The number of likely N-dealkylation sites (tertiary alicyclic amines) is 1. The summed E-state index contributed by atoms with van der Waals surface area (Å²) in [6.07, 6.45) is 7.28. The number of nitrogen functional groups attached to an aromatic ring is 1. The first-order valence-electron chi connectivity index (χ1n) is 8.23. The zero-order chi connectivity index (χ0) is 16.1. The maximum absolute atomic E-state index is 5.71. The van der Waals surface area contributed by atoms with Crippen molar-refractivity contribution < 1.29 is 0 Å². The van der Waals surface area contributed by atoms with Crippen LogP contribution in [0.5, 0.6) is 0 Å². The van der Waals surface area contributed by atoms with Gasteiger partial charge >= 0.3 is 0 Å². The smallest absolute Gasteiger partial charge is 0.180 e. The minimum absolute atomic E-state index is 0. The van der Waals surface area contributed by atoms with Crippen molar-refractivity contribution in [2.24, 2.45) is 0 Å². The van der Waals surface area contributed by atoms with Gasteiger partial charge in [0.05, 0.1) is 0 Å². The molecule has 0 amide bonds. The van der Waals surface area contributed by atoms with E-state index in [-0.39, 0.29) is 12.4 Å². The molecule has 0 spiro atoms. The van der Waals surface area contributed by atoms with Crippen LogP contribution in [-0.4, -0.2) is 52.5 Å². The van der Waals surface area contributed by atoms with Gasteiger partial charge in [-0.05, 0) is 45.1 Å². The highest BCUT2D eigenvalue weighted by atomic mass is 35.5. The molecule has 3 rings (SSSR count). The Morgan fingerprint density at radius 3 is 2.71 bits per heavy atom. The van der Waals surface area contributed by atoms with Crippen LogP contribution < -0.4 is 5.73 Å². The lowest BCUT2D eigenvalue weighted by atomic mass is 10.0. The number of anilines is 1. The van der Waals surface area contributed by atoms with E-state index in [1.54, 1.807) is 11.3 Å². The van der Waals surface area contributed by atoms with Gasteiger partial charge < -0.3 is 10.6 Å². The second kappa shape index (κ2) is 9.32. The molecule has 7 heteroatoms. The van der Waals surface area contributed by atoms with Gasteiger partial charge in [0.15, 0.2) is 5.13 Å². The number of pyridine rings is 1. The Morgan fingerprint density at radius 2 is 2.08 bits per heavy atom. The van der Waals surface area contributed by atoms with E-state index < -0.39 is 0 Å². The molecule has 1 aliphatic rings. The lowest BCUT2D eigenvalue weighted by molar-refractivity contribution is 0.124. The molecule has 5 nitrogen and oxygen atoms in total. The number of rotatable bonds is 6. The zero-order valence-electron chi connectivity index (χ0n) is 14.1. The Labute approximate surface area is 154 Å². The maximum Gasteiger partial charge on any atom is 0.180 e. The second-order valence-electron chi connectivity index (χ2n) is 6.22. The summed E-state index contributed by atoms with van der Waals surface area (Å²) >= 11 is 1.59. The highest BCUT2D eigenvalue weighted by Gasteiger charge is 2.22. The molecule has 0 atom stereocenters. The van der Waals surface area contributed by atoms with Gasteiger partial charge in [0.2, 0.25) is 0 Å². The molecule has 2 N–H and O–H groups in total. The Hall–Kier alpha value is -1.21. The largest absolute Gasteiger partial charge is 0.375 e. The van der Waals surface area contributed by atoms with Crippen molar-refractivity contribution in [1.29, 1.82) is 0 Å². The molecule has 0 unspecified atom stereocenters. The maximum atomic E-state index is 5.71. The van der Waals surface area contributed by atoms with Crippen molar-refractivity contribution in [2.45, 2.75) is 31.8 Å². The number of hydrogen-bond donors (Lipinski definition) is 1. The fourth-order valence-corrected chi connectivity index (χ4v) is 3.92. The molecule has 0 radical (unpaired) electrons. The normalized spacial score (nSPS) is 16.2. The highest BCUT2D eigenvalue weighted by Crippen LogP contribution is 2.21.